The zero-order valence-electron chi connectivity index (χ0n) is 6.88. The molecule has 0 bridgehead atoms. The first kappa shape index (κ1) is 9.83. The average Bonchev–Trinajstić information content (AvgIpc) is 2.03. The SMILES string of the molecule is NCc1ccc(Cl)cc1NC(N)=O. The van der Waals surface area contributed by atoms with Crippen LogP contribution in [-0.4, -0.2) is 6.03 Å². The number of hydrogen-bond acceptors (Lipinski definition) is 2. The predicted molar refractivity (Wildman–Crippen MR) is 52.5 cm³/mol. The zero-order valence-corrected chi connectivity index (χ0v) is 7.64. The number of nitrogens with one attached hydrogen (secondary N) is 1. The molecule has 0 aliphatic heterocycles. The summed E-state index contributed by atoms with van der Waals surface area (Å²) >= 11 is 5.72. The number of urea groups is 1. The molecule has 0 spiro atoms. The van der Waals surface area contributed by atoms with Gasteiger partial charge >= 0.3 is 6.03 Å². The second-order valence-electron chi connectivity index (χ2n) is 2.49. The Labute approximate surface area is 80.9 Å². The predicted octanol–water partition coefficient (Wildman–Crippen LogP) is 1.29. The maximum atomic E-state index is 10.6. The number of amides is 2. The fraction of sp³-hybridized carbons (Fsp3) is 0.125. The molecule has 0 heterocycles. The van der Waals surface area contributed by atoms with Gasteiger partial charge in [0.15, 0.2) is 0 Å². The summed E-state index contributed by atoms with van der Waals surface area (Å²) < 4.78 is 0. The van der Waals surface area contributed by atoms with Gasteiger partial charge in [-0.1, -0.05) is 17.7 Å². The standard InChI is InChI=1S/C8H10ClN3O/c9-6-2-1-5(4-10)7(3-6)12-8(11)13/h1-3H,4,10H2,(H3,11,12,13). The highest BCUT2D eigenvalue weighted by Crippen LogP contribution is 2.20. The molecule has 0 saturated heterocycles. The number of rotatable bonds is 2. The van der Waals surface area contributed by atoms with Crippen molar-refractivity contribution in [2.75, 3.05) is 5.32 Å². The van der Waals surface area contributed by atoms with Crippen LogP contribution < -0.4 is 16.8 Å². The van der Waals surface area contributed by atoms with Gasteiger partial charge in [-0.05, 0) is 17.7 Å². The molecule has 2 amide bonds. The number of carbonyl (C=O) groups is 1. The summed E-state index contributed by atoms with van der Waals surface area (Å²) in [5, 5.41) is 2.97. The molecule has 0 unspecified atom stereocenters. The highest BCUT2D eigenvalue weighted by atomic mass is 35.5. The van der Waals surface area contributed by atoms with Crippen LogP contribution in [0.1, 0.15) is 5.56 Å². The minimum Gasteiger partial charge on any atom is -0.351 e. The maximum Gasteiger partial charge on any atom is 0.316 e. The van der Waals surface area contributed by atoms with Gasteiger partial charge in [-0.2, -0.15) is 0 Å². The number of primary amides is 1. The lowest BCUT2D eigenvalue weighted by atomic mass is 10.2. The first-order valence-corrected chi connectivity index (χ1v) is 4.06. The van der Waals surface area contributed by atoms with E-state index in [0.29, 0.717) is 17.3 Å². The molecule has 1 rings (SSSR count). The third-order valence-electron chi connectivity index (χ3n) is 1.55. The average molecular weight is 200 g/mol. The van der Waals surface area contributed by atoms with Gasteiger partial charge in [0.25, 0.3) is 0 Å². The Kier molecular flexibility index (Phi) is 3.11. The first-order valence-electron chi connectivity index (χ1n) is 3.68. The summed E-state index contributed by atoms with van der Waals surface area (Å²) in [7, 11) is 0. The largest absolute Gasteiger partial charge is 0.351 e. The van der Waals surface area contributed by atoms with Gasteiger partial charge in [-0.15, -0.1) is 0 Å². The normalized spacial score (nSPS) is 9.69. The number of halogens is 1. The Bertz CT molecular complexity index is 327. The number of carbonyl (C=O) groups excluding carboxylic acids is 1. The summed E-state index contributed by atoms with van der Waals surface area (Å²) in [6.07, 6.45) is 0. The summed E-state index contributed by atoms with van der Waals surface area (Å²) in [5.41, 5.74) is 11.8. The van der Waals surface area contributed by atoms with Crippen LogP contribution in [0.4, 0.5) is 10.5 Å². The molecule has 0 saturated carbocycles. The highest BCUT2D eigenvalue weighted by Gasteiger charge is 2.03. The lowest BCUT2D eigenvalue weighted by molar-refractivity contribution is 0.259. The van der Waals surface area contributed by atoms with E-state index in [1.807, 2.05) is 0 Å². The Morgan fingerprint density at radius 3 is 2.77 bits per heavy atom. The van der Waals surface area contributed by atoms with Crippen molar-refractivity contribution in [3.8, 4) is 0 Å². The maximum absolute atomic E-state index is 10.6. The highest BCUT2D eigenvalue weighted by molar-refractivity contribution is 6.31. The van der Waals surface area contributed by atoms with E-state index in [1.54, 1.807) is 18.2 Å². The molecule has 4 nitrogen and oxygen atoms in total. The number of benzene rings is 1. The molecule has 0 aliphatic rings. The van der Waals surface area contributed by atoms with Crippen molar-refractivity contribution in [1.82, 2.24) is 0 Å². The van der Waals surface area contributed by atoms with Crippen LogP contribution in [0.2, 0.25) is 5.02 Å². The zero-order chi connectivity index (χ0) is 9.84. The van der Waals surface area contributed by atoms with Gasteiger partial charge in [0.2, 0.25) is 0 Å². The van der Waals surface area contributed by atoms with E-state index in [0.717, 1.165) is 5.56 Å². The van der Waals surface area contributed by atoms with Gasteiger partial charge in [-0.3, -0.25) is 0 Å². The second kappa shape index (κ2) is 4.11. The first-order chi connectivity index (χ1) is 6.13. The van der Waals surface area contributed by atoms with E-state index in [-0.39, 0.29) is 0 Å². The van der Waals surface area contributed by atoms with Crippen molar-refractivity contribution in [2.45, 2.75) is 6.54 Å². The van der Waals surface area contributed by atoms with E-state index >= 15 is 0 Å². The van der Waals surface area contributed by atoms with E-state index in [4.69, 9.17) is 23.1 Å². The summed E-state index contributed by atoms with van der Waals surface area (Å²) in [4.78, 5) is 10.6. The van der Waals surface area contributed by atoms with Crippen molar-refractivity contribution < 1.29 is 4.79 Å². The molecule has 1 aromatic rings. The van der Waals surface area contributed by atoms with E-state index in [9.17, 15) is 4.79 Å². The van der Waals surface area contributed by atoms with E-state index < -0.39 is 6.03 Å². The van der Waals surface area contributed by atoms with E-state index in [2.05, 4.69) is 5.32 Å². The molecule has 1 aromatic carbocycles. The van der Waals surface area contributed by atoms with Gasteiger partial charge in [0.05, 0.1) is 0 Å². The van der Waals surface area contributed by atoms with Crippen LogP contribution in [0, 0.1) is 0 Å². The third kappa shape index (κ3) is 2.61. The molecule has 5 N–H and O–H groups in total. The summed E-state index contributed by atoms with van der Waals surface area (Å²) in [6, 6.07) is 4.43. The molecule has 0 radical (unpaired) electrons. The van der Waals surface area contributed by atoms with Gasteiger partial charge in [0.1, 0.15) is 0 Å². The van der Waals surface area contributed by atoms with Crippen LogP contribution in [0.3, 0.4) is 0 Å². The molecule has 13 heavy (non-hydrogen) atoms. The quantitative estimate of drug-likeness (QED) is 0.671. The molecule has 0 aromatic heterocycles. The van der Waals surface area contributed by atoms with Crippen molar-refractivity contribution in [1.29, 1.82) is 0 Å². The summed E-state index contributed by atoms with van der Waals surface area (Å²) in [6.45, 7) is 0.326. The van der Waals surface area contributed by atoms with Gasteiger partial charge in [-0.25, -0.2) is 4.79 Å². The Morgan fingerprint density at radius 1 is 1.54 bits per heavy atom. The minimum absolute atomic E-state index is 0.326. The Balaban J connectivity index is 3.01. The number of nitrogens with two attached hydrogens (primary N) is 2. The van der Waals surface area contributed by atoms with Gasteiger partial charge < -0.3 is 16.8 Å². The fourth-order valence-electron chi connectivity index (χ4n) is 0.976. The fourth-order valence-corrected chi connectivity index (χ4v) is 1.15. The molecular weight excluding hydrogens is 190 g/mol. The topological polar surface area (TPSA) is 81.1 Å². The lowest BCUT2D eigenvalue weighted by Crippen LogP contribution is -2.20. The van der Waals surface area contributed by atoms with Crippen LogP contribution >= 0.6 is 11.6 Å². The van der Waals surface area contributed by atoms with Crippen molar-refractivity contribution in [3.63, 3.8) is 0 Å². The molecule has 70 valence electrons. The number of anilines is 1. The van der Waals surface area contributed by atoms with Crippen LogP contribution in [-0.2, 0) is 6.54 Å². The second-order valence-corrected chi connectivity index (χ2v) is 2.93. The molecule has 0 fully saturated rings. The van der Waals surface area contributed by atoms with Crippen molar-refractivity contribution >= 4 is 23.3 Å². The van der Waals surface area contributed by atoms with Crippen LogP contribution in [0.25, 0.3) is 0 Å². The molecular formula is C8H10ClN3O. The van der Waals surface area contributed by atoms with Crippen LogP contribution in [0.15, 0.2) is 18.2 Å². The monoisotopic (exact) mass is 199 g/mol. The number of hydrogen-bond donors (Lipinski definition) is 3. The molecule has 5 heteroatoms. The smallest absolute Gasteiger partial charge is 0.316 e. The minimum atomic E-state index is -0.628. The van der Waals surface area contributed by atoms with Crippen LogP contribution in [0.5, 0.6) is 0 Å². The Hall–Kier alpha value is -1.26. The Morgan fingerprint density at radius 2 is 2.23 bits per heavy atom. The molecule has 0 aliphatic carbocycles. The van der Waals surface area contributed by atoms with Crippen molar-refractivity contribution in [3.05, 3.63) is 28.8 Å². The summed E-state index contributed by atoms with van der Waals surface area (Å²) in [5.74, 6) is 0. The van der Waals surface area contributed by atoms with Gasteiger partial charge in [0, 0.05) is 17.3 Å². The lowest BCUT2D eigenvalue weighted by Gasteiger charge is -2.07. The van der Waals surface area contributed by atoms with E-state index in [1.165, 1.54) is 0 Å². The van der Waals surface area contributed by atoms with Crippen molar-refractivity contribution in [2.24, 2.45) is 11.5 Å². The molecule has 0 atom stereocenters. The third-order valence-corrected chi connectivity index (χ3v) is 1.78.